The van der Waals surface area contributed by atoms with Crippen LogP contribution in [0.25, 0.3) is 22.5 Å². The van der Waals surface area contributed by atoms with Crippen LogP contribution in [0.4, 0.5) is 15.9 Å². The standard InChI is InChI=1S/C37H36FN7O4/c38-29-10-12-30(13-11-29)41-36(46)27-5-3-4-26(20-27)35-42-33(49-43-35)23-48-32-21-28(22-40-34(32)39)24-6-8-25(9-7-24)37(47)45-18-14-31(15-19-45)44-16-1-2-17-44/h3-13,20-22,31H,1-2,14-19,23H2,(H2,39,40)(H,41,46). The zero-order chi connectivity index (χ0) is 33.7. The van der Waals surface area contributed by atoms with Crippen molar-refractivity contribution in [3.8, 4) is 28.3 Å². The monoisotopic (exact) mass is 661 g/mol. The Morgan fingerprint density at radius 2 is 1.65 bits per heavy atom. The van der Waals surface area contributed by atoms with Gasteiger partial charge in [0.05, 0.1) is 0 Å². The van der Waals surface area contributed by atoms with Crippen LogP contribution in [0.5, 0.6) is 5.75 Å². The maximum Gasteiger partial charge on any atom is 0.264 e. The van der Waals surface area contributed by atoms with Crippen molar-refractivity contribution in [2.45, 2.75) is 38.3 Å². The van der Waals surface area contributed by atoms with Gasteiger partial charge in [-0.2, -0.15) is 4.98 Å². The molecule has 5 aromatic rings. The number of nitrogens with one attached hydrogen (secondary N) is 1. The lowest BCUT2D eigenvalue weighted by Crippen LogP contribution is -2.45. The summed E-state index contributed by atoms with van der Waals surface area (Å²) < 4.78 is 24.5. The molecule has 0 spiro atoms. The Hall–Kier alpha value is -5.62. The Balaban J connectivity index is 0.960. The van der Waals surface area contributed by atoms with E-state index in [2.05, 4.69) is 25.3 Å². The van der Waals surface area contributed by atoms with Crippen LogP contribution in [0.2, 0.25) is 0 Å². The first-order valence-corrected chi connectivity index (χ1v) is 16.4. The number of amides is 2. The fourth-order valence-corrected chi connectivity index (χ4v) is 6.36. The summed E-state index contributed by atoms with van der Waals surface area (Å²) in [7, 11) is 0. The number of carbonyl (C=O) groups is 2. The highest BCUT2D eigenvalue weighted by molar-refractivity contribution is 6.04. The molecule has 0 bridgehead atoms. The number of aromatic nitrogens is 3. The highest BCUT2D eigenvalue weighted by atomic mass is 19.1. The SMILES string of the molecule is Nc1ncc(-c2ccc(C(=O)N3CCC(N4CCCC4)CC3)cc2)cc1OCc1nc(-c2cccc(C(=O)Nc3ccc(F)cc3)c2)no1. The smallest absolute Gasteiger partial charge is 0.264 e. The summed E-state index contributed by atoms with van der Waals surface area (Å²) >= 11 is 0. The molecule has 0 radical (unpaired) electrons. The van der Waals surface area contributed by atoms with Crippen LogP contribution in [-0.4, -0.2) is 69.0 Å². The minimum Gasteiger partial charge on any atom is -0.480 e. The van der Waals surface area contributed by atoms with E-state index in [9.17, 15) is 14.0 Å². The number of rotatable bonds is 9. The molecule has 2 aliphatic rings. The molecule has 2 aromatic heterocycles. The average molecular weight is 662 g/mol. The number of hydrogen-bond donors (Lipinski definition) is 2. The minimum atomic E-state index is -0.388. The van der Waals surface area contributed by atoms with Crippen LogP contribution in [0.15, 0.2) is 89.6 Å². The molecule has 12 heteroatoms. The van der Waals surface area contributed by atoms with Gasteiger partial charge >= 0.3 is 0 Å². The summed E-state index contributed by atoms with van der Waals surface area (Å²) in [6.45, 7) is 3.88. The summed E-state index contributed by atoms with van der Waals surface area (Å²) in [6, 6.07) is 22.1. The van der Waals surface area contributed by atoms with Crippen LogP contribution in [-0.2, 0) is 6.61 Å². The van der Waals surface area contributed by atoms with Gasteiger partial charge in [0, 0.05) is 53.3 Å². The molecule has 0 saturated carbocycles. The van der Waals surface area contributed by atoms with E-state index in [0.29, 0.717) is 34.2 Å². The third-order valence-corrected chi connectivity index (χ3v) is 9.06. The van der Waals surface area contributed by atoms with Crippen molar-refractivity contribution in [1.82, 2.24) is 24.9 Å². The molecule has 7 rings (SSSR count). The maximum absolute atomic E-state index is 13.2. The van der Waals surface area contributed by atoms with E-state index < -0.39 is 0 Å². The van der Waals surface area contributed by atoms with E-state index in [1.54, 1.807) is 36.5 Å². The fraction of sp³-hybridized carbons (Fsp3) is 0.270. The number of nitrogens with two attached hydrogens (primary N) is 1. The quantitative estimate of drug-likeness (QED) is 0.193. The largest absolute Gasteiger partial charge is 0.480 e. The van der Waals surface area contributed by atoms with Crippen molar-refractivity contribution in [2.75, 3.05) is 37.2 Å². The summed E-state index contributed by atoms with van der Waals surface area (Å²) in [6.07, 6.45) is 6.28. The second-order valence-electron chi connectivity index (χ2n) is 12.3. The number of halogens is 1. The molecule has 2 amide bonds. The summed E-state index contributed by atoms with van der Waals surface area (Å²) in [5.41, 5.74) is 9.83. The molecule has 3 aromatic carbocycles. The van der Waals surface area contributed by atoms with E-state index in [4.69, 9.17) is 15.0 Å². The number of ether oxygens (including phenoxy) is 1. The third-order valence-electron chi connectivity index (χ3n) is 9.06. The van der Waals surface area contributed by atoms with Crippen molar-refractivity contribution in [1.29, 1.82) is 0 Å². The van der Waals surface area contributed by atoms with Crippen LogP contribution in [0.3, 0.4) is 0 Å². The number of anilines is 2. The molecular formula is C37H36FN7O4. The normalized spacial score (nSPS) is 15.3. The summed E-state index contributed by atoms with van der Waals surface area (Å²) in [5, 5.41) is 6.77. The first kappa shape index (κ1) is 32.0. The number of pyridine rings is 1. The van der Waals surface area contributed by atoms with Gasteiger partial charge in [-0.15, -0.1) is 0 Å². The van der Waals surface area contributed by atoms with Crippen LogP contribution >= 0.6 is 0 Å². The maximum atomic E-state index is 13.2. The highest BCUT2D eigenvalue weighted by Gasteiger charge is 2.28. The Kier molecular flexibility index (Phi) is 9.29. The molecule has 0 atom stereocenters. The Labute approximate surface area is 282 Å². The number of hydrogen-bond acceptors (Lipinski definition) is 9. The van der Waals surface area contributed by atoms with Gasteiger partial charge in [-0.05, 0) is 98.9 Å². The van der Waals surface area contributed by atoms with Crippen molar-refractivity contribution in [3.05, 3.63) is 108 Å². The van der Waals surface area contributed by atoms with Gasteiger partial charge in [0.1, 0.15) is 5.82 Å². The van der Waals surface area contributed by atoms with Crippen molar-refractivity contribution >= 4 is 23.3 Å². The zero-order valence-electron chi connectivity index (χ0n) is 26.8. The van der Waals surface area contributed by atoms with Gasteiger partial charge in [0.15, 0.2) is 18.2 Å². The van der Waals surface area contributed by atoms with Crippen LogP contribution in [0.1, 0.15) is 52.3 Å². The lowest BCUT2D eigenvalue weighted by Gasteiger charge is -2.36. The Morgan fingerprint density at radius 1 is 0.898 bits per heavy atom. The summed E-state index contributed by atoms with van der Waals surface area (Å²) in [5.74, 6) is 0.336. The van der Waals surface area contributed by atoms with E-state index in [0.717, 1.165) is 37.1 Å². The number of likely N-dealkylation sites (tertiary alicyclic amines) is 2. The van der Waals surface area contributed by atoms with Gasteiger partial charge in [0.25, 0.3) is 17.7 Å². The Morgan fingerprint density at radius 3 is 2.41 bits per heavy atom. The molecule has 49 heavy (non-hydrogen) atoms. The van der Waals surface area contributed by atoms with Crippen molar-refractivity contribution in [2.24, 2.45) is 0 Å². The second-order valence-corrected chi connectivity index (χ2v) is 12.3. The van der Waals surface area contributed by atoms with E-state index >= 15 is 0 Å². The van der Waals surface area contributed by atoms with Gasteiger partial charge in [-0.3, -0.25) is 9.59 Å². The predicted octanol–water partition coefficient (Wildman–Crippen LogP) is 6.05. The number of benzene rings is 3. The lowest BCUT2D eigenvalue weighted by atomic mass is 10.0. The third kappa shape index (κ3) is 7.44. The first-order chi connectivity index (χ1) is 23.9. The number of nitrogens with zero attached hydrogens (tertiary/aromatic N) is 5. The Bertz CT molecular complexity index is 1930. The van der Waals surface area contributed by atoms with Crippen molar-refractivity contribution < 1.29 is 23.2 Å². The zero-order valence-corrected chi connectivity index (χ0v) is 26.8. The van der Waals surface area contributed by atoms with Gasteiger partial charge in [-0.25, -0.2) is 9.37 Å². The molecule has 3 N–H and O–H groups in total. The molecule has 250 valence electrons. The lowest BCUT2D eigenvalue weighted by molar-refractivity contribution is 0.0644. The molecule has 2 saturated heterocycles. The van der Waals surface area contributed by atoms with E-state index in [-0.39, 0.29) is 41.8 Å². The van der Waals surface area contributed by atoms with Crippen LogP contribution < -0.4 is 15.8 Å². The molecule has 11 nitrogen and oxygen atoms in total. The van der Waals surface area contributed by atoms with Gasteiger partial charge in [0.2, 0.25) is 5.82 Å². The van der Waals surface area contributed by atoms with E-state index in [1.807, 2.05) is 29.2 Å². The topological polar surface area (TPSA) is 140 Å². The minimum absolute atomic E-state index is 0.0600. The fourth-order valence-electron chi connectivity index (χ4n) is 6.36. The summed E-state index contributed by atoms with van der Waals surface area (Å²) in [4.78, 5) is 39.2. The van der Waals surface area contributed by atoms with Gasteiger partial charge in [-0.1, -0.05) is 29.4 Å². The highest BCUT2D eigenvalue weighted by Crippen LogP contribution is 2.29. The molecule has 4 heterocycles. The predicted molar refractivity (Wildman–Crippen MR) is 182 cm³/mol. The molecule has 2 fully saturated rings. The number of piperidine rings is 1. The molecule has 0 aliphatic carbocycles. The van der Waals surface area contributed by atoms with Crippen molar-refractivity contribution in [3.63, 3.8) is 0 Å². The average Bonchev–Trinajstić information content (AvgIpc) is 3.86. The number of nitrogen functional groups attached to an aromatic ring is 1. The number of carbonyl (C=O) groups excluding carboxylic acids is 2. The van der Waals surface area contributed by atoms with E-state index in [1.165, 1.54) is 50.2 Å². The first-order valence-electron chi connectivity index (χ1n) is 16.4. The second kappa shape index (κ2) is 14.2. The molecular weight excluding hydrogens is 625 g/mol. The molecule has 2 aliphatic heterocycles. The van der Waals surface area contributed by atoms with Gasteiger partial charge < -0.3 is 30.1 Å². The molecule has 0 unspecified atom stereocenters. The van der Waals surface area contributed by atoms with Crippen LogP contribution in [0, 0.1) is 5.82 Å².